The summed E-state index contributed by atoms with van der Waals surface area (Å²) in [6.07, 6.45) is 1.65. The van der Waals surface area contributed by atoms with Gasteiger partial charge in [-0.3, -0.25) is 9.59 Å². The van der Waals surface area contributed by atoms with Crippen LogP contribution in [0, 0.1) is 0 Å². The molecule has 3 heterocycles. The predicted molar refractivity (Wildman–Crippen MR) is 106 cm³/mol. The van der Waals surface area contributed by atoms with Crippen molar-refractivity contribution in [1.82, 2.24) is 15.1 Å². The first-order valence-corrected chi connectivity index (χ1v) is 11.3. The summed E-state index contributed by atoms with van der Waals surface area (Å²) in [5.74, 6) is -2.05. The highest BCUT2D eigenvalue weighted by atomic mass is 35.5. The van der Waals surface area contributed by atoms with E-state index in [1.807, 2.05) is 0 Å². The predicted octanol–water partition coefficient (Wildman–Crippen LogP) is 1.19. The number of sulfone groups is 1. The van der Waals surface area contributed by atoms with Gasteiger partial charge in [0, 0.05) is 23.7 Å². The number of aromatic nitrogens is 2. The molecule has 0 radical (unpaired) electrons. The molecule has 2 aliphatic rings. The van der Waals surface area contributed by atoms with E-state index in [2.05, 4.69) is 15.7 Å². The van der Waals surface area contributed by atoms with E-state index in [0.717, 1.165) is 12.8 Å². The molecule has 2 N–H and O–H groups in total. The number of nitrogens with one attached hydrogen (secondary N) is 2. The number of carbonyl (C=O) groups is 2. The fraction of sp³-hybridized carbons (Fsp3) is 0.389. The van der Waals surface area contributed by atoms with Crippen molar-refractivity contribution in [1.29, 1.82) is 0 Å². The van der Waals surface area contributed by atoms with E-state index in [4.69, 9.17) is 16.3 Å². The highest BCUT2D eigenvalue weighted by molar-refractivity contribution is 7.90. The zero-order valence-corrected chi connectivity index (χ0v) is 16.9. The van der Waals surface area contributed by atoms with Crippen LogP contribution >= 0.6 is 11.6 Å². The van der Waals surface area contributed by atoms with Crippen molar-refractivity contribution in [3.8, 4) is 5.69 Å². The number of nitrogens with zero attached hydrogens (tertiary/aromatic N) is 2. The van der Waals surface area contributed by atoms with Gasteiger partial charge in [-0.1, -0.05) is 17.7 Å². The highest BCUT2D eigenvalue weighted by Gasteiger charge is 2.34. The zero-order valence-electron chi connectivity index (χ0n) is 15.4. The van der Waals surface area contributed by atoms with Crippen LogP contribution in [0.15, 0.2) is 24.3 Å². The molecule has 4 rings (SSSR count). The summed E-state index contributed by atoms with van der Waals surface area (Å²) in [7, 11) is -3.34. The minimum absolute atomic E-state index is 0.0990. The number of ether oxygens (including phenoxy) is 1. The van der Waals surface area contributed by atoms with Crippen LogP contribution in [0.2, 0.25) is 5.02 Å². The maximum Gasteiger partial charge on any atom is 0.314 e. The largest absolute Gasteiger partial charge is 0.376 e. The van der Waals surface area contributed by atoms with Gasteiger partial charge in [-0.2, -0.15) is 5.10 Å². The summed E-state index contributed by atoms with van der Waals surface area (Å²) in [6.45, 7) is 0.887. The van der Waals surface area contributed by atoms with Gasteiger partial charge in [0.25, 0.3) is 0 Å². The van der Waals surface area contributed by atoms with Crippen LogP contribution in [0.25, 0.3) is 5.69 Å². The number of hydrogen-bond donors (Lipinski definition) is 2. The van der Waals surface area contributed by atoms with Crippen LogP contribution < -0.4 is 10.6 Å². The molecule has 2 aliphatic heterocycles. The molecule has 1 aromatic heterocycles. The summed E-state index contributed by atoms with van der Waals surface area (Å²) in [5.41, 5.74) is 1.27. The molecule has 0 spiro atoms. The second-order valence-electron chi connectivity index (χ2n) is 7.00. The SMILES string of the molecule is O=C(NC[C@H]1CCCO1)C(=O)Nc1c2c(nn1-c1cccc(Cl)c1)CS(=O)(=O)C2. The minimum Gasteiger partial charge on any atom is -0.376 e. The fourth-order valence-electron chi connectivity index (χ4n) is 3.42. The highest BCUT2D eigenvalue weighted by Crippen LogP contribution is 2.33. The number of amides is 2. The van der Waals surface area contributed by atoms with E-state index in [9.17, 15) is 18.0 Å². The Hall–Kier alpha value is -2.43. The van der Waals surface area contributed by atoms with E-state index in [-0.39, 0.29) is 30.0 Å². The summed E-state index contributed by atoms with van der Waals surface area (Å²) < 4.78 is 30.8. The van der Waals surface area contributed by atoms with Gasteiger partial charge in [-0.25, -0.2) is 13.1 Å². The summed E-state index contributed by atoms with van der Waals surface area (Å²) >= 11 is 6.05. The first-order valence-electron chi connectivity index (χ1n) is 9.10. The van der Waals surface area contributed by atoms with Crippen molar-refractivity contribution in [3.05, 3.63) is 40.5 Å². The molecule has 154 valence electrons. The smallest absolute Gasteiger partial charge is 0.314 e. The lowest BCUT2D eigenvalue weighted by Crippen LogP contribution is -2.39. The fourth-order valence-corrected chi connectivity index (χ4v) is 5.10. The lowest BCUT2D eigenvalue weighted by Gasteiger charge is -2.13. The van der Waals surface area contributed by atoms with Crippen molar-refractivity contribution < 1.29 is 22.7 Å². The Morgan fingerprint density at radius 2 is 2.10 bits per heavy atom. The van der Waals surface area contributed by atoms with Gasteiger partial charge in [0.15, 0.2) is 9.84 Å². The van der Waals surface area contributed by atoms with Gasteiger partial charge >= 0.3 is 11.8 Å². The maximum atomic E-state index is 12.4. The molecule has 2 aromatic rings. The van der Waals surface area contributed by atoms with Gasteiger partial charge < -0.3 is 15.4 Å². The molecular formula is C18H19ClN4O5S. The Kier molecular flexibility index (Phi) is 5.32. The summed E-state index contributed by atoms with van der Waals surface area (Å²) in [5, 5.41) is 9.85. The molecular weight excluding hydrogens is 420 g/mol. The number of carbonyl (C=O) groups excluding carboxylic acids is 2. The molecule has 0 bridgehead atoms. The van der Waals surface area contributed by atoms with Gasteiger partial charge in [0.1, 0.15) is 5.82 Å². The van der Waals surface area contributed by atoms with Crippen molar-refractivity contribution in [2.75, 3.05) is 18.5 Å². The second kappa shape index (κ2) is 7.77. The lowest BCUT2D eigenvalue weighted by atomic mass is 10.2. The van der Waals surface area contributed by atoms with Gasteiger partial charge in [0.05, 0.1) is 29.0 Å². The second-order valence-corrected chi connectivity index (χ2v) is 9.50. The Labute approximate surface area is 172 Å². The van der Waals surface area contributed by atoms with Crippen LogP contribution in [0.4, 0.5) is 5.82 Å². The molecule has 0 saturated carbocycles. The number of rotatable bonds is 4. The summed E-state index contributed by atoms with van der Waals surface area (Å²) in [6, 6.07) is 6.74. The van der Waals surface area contributed by atoms with Gasteiger partial charge in [-0.05, 0) is 31.0 Å². The van der Waals surface area contributed by atoms with Crippen molar-refractivity contribution in [2.45, 2.75) is 30.5 Å². The number of halogens is 1. The number of hydrogen-bond acceptors (Lipinski definition) is 6. The standard InChI is InChI=1S/C18H19ClN4O5S/c19-11-3-1-4-12(7-11)23-16(14-9-29(26,27)10-15(14)22-23)21-18(25)17(24)20-8-13-5-2-6-28-13/h1,3-4,7,13H,2,5-6,8-10H2,(H,20,24)(H,21,25)/t13-/m1/s1. The van der Waals surface area contributed by atoms with Crippen molar-refractivity contribution >= 4 is 39.1 Å². The molecule has 29 heavy (non-hydrogen) atoms. The Morgan fingerprint density at radius 3 is 2.83 bits per heavy atom. The van der Waals surface area contributed by atoms with E-state index in [1.165, 1.54) is 4.68 Å². The molecule has 9 nitrogen and oxygen atoms in total. The average Bonchev–Trinajstić information content (AvgIpc) is 3.35. The van der Waals surface area contributed by atoms with Crippen LogP contribution in [0.3, 0.4) is 0 Å². The quantitative estimate of drug-likeness (QED) is 0.692. The van der Waals surface area contributed by atoms with E-state index >= 15 is 0 Å². The minimum atomic E-state index is -3.34. The Bertz CT molecular complexity index is 1080. The maximum absolute atomic E-state index is 12.4. The van der Waals surface area contributed by atoms with Crippen molar-refractivity contribution in [3.63, 3.8) is 0 Å². The van der Waals surface area contributed by atoms with Crippen LogP contribution in [-0.2, 0) is 35.7 Å². The topological polar surface area (TPSA) is 119 Å². The lowest BCUT2D eigenvalue weighted by molar-refractivity contribution is -0.136. The third kappa shape index (κ3) is 4.29. The molecule has 11 heteroatoms. The molecule has 0 unspecified atom stereocenters. The number of benzene rings is 1. The molecule has 2 amide bonds. The Morgan fingerprint density at radius 1 is 1.28 bits per heavy atom. The van der Waals surface area contributed by atoms with Crippen LogP contribution in [0.1, 0.15) is 24.1 Å². The average molecular weight is 439 g/mol. The molecule has 0 aliphatic carbocycles. The third-order valence-corrected chi connectivity index (χ3v) is 6.47. The molecule has 1 saturated heterocycles. The first kappa shape index (κ1) is 19.9. The summed E-state index contributed by atoms with van der Waals surface area (Å²) in [4.78, 5) is 24.7. The number of anilines is 1. The van der Waals surface area contributed by atoms with E-state index in [1.54, 1.807) is 24.3 Å². The van der Waals surface area contributed by atoms with Gasteiger partial charge in [0.2, 0.25) is 0 Å². The van der Waals surface area contributed by atoms with Crippen molar-refractivity contribution in [2.24, 2.45) is 0 Å². The van der Waals surface area contributed by atoms with E-state index in [0.29, 0.717) is 28.6 Å². The Balaban J connectivity index is 1.58. The van der Waals surface area contributed by atoms with Gasteiger partial charge in [-0.15, -0.1) is 0 Å². The van der Waals surface area contributed by atoms with Crippen LogP contribution in [0.5, 0.6) is 0 Å². The van der Waals surface area contributed by atoms with E-state index < -0.39 is 21.7 Å². The zero-order chi connectivity index (χ0) is 20.6. The molecule has 1 aromatic carbocycles. The molecule has 1 fully saturated rings. The van der Waals surface area contributed by atoms with Crippen LogP contribution in [-0.4, -0.2) is 49.3 Å². The number of fused-ring (bicyclic) bond motifs is 1. The normalized spacial score (nSPS) is 19.7. The third-order valence-electron chi connectivity index (χ3n) is 4.79. The molecule has 1 atom stereocenters. The monoisotopic (exact) mass is 438 g/mol. The first-order chi connectivity index (χ1) is 13.8.